The molecule has 0 radical (unpaired) electrons. The Labute approximate surface area is 181 Å². The minimum atomic E-state index is -0.375. The highest BCUT2D eigenvalue weighted by Gasteiger charge is 2.18. The molecule has 2 aromatic carbocycles. The van der Waals surface area contributed by atoms with Crippen molar-refractivity contribution in [1.82, 2.24) is 10.3 Å². The van der Waals surface area contributed by atoms with Gasteiger partial charge >= 0.3 is 0 Å². The van der Waals surface area contributed by atoms with Crippen molar-refractivity contribution in [2.45, 2.75) is 6.42 Å². The lowest BCUT2D eigenvalue weighted by molar-refractivity contribution is -0.117. The molecule has 6 nitrogen and oxygen atoms in total. The molecule has 0 atom stereocenters. The number of carbonyl (C=O) groups is 1. The molecule has 0 saturated carbocycles. The fourth-order valence-corrected chi connectivity index (χ4v) is 3.62. The van der Waals surface area contributed by atoms with Gasteiger partial charge in [-0.3, -0.25) is 4.79 Å². The molecule has 156 valence electrons. The van der Waals surface area contributed by atoms with E-state index in [1.807, 2.05) is 60.7 Å². The number of morpholine rings is 1. The van der Waals surface area contributed by atoms with E-state index in [1.165, 1.54) is 0 Å². The van der Waals surface area contributed by atoms with E-state index in [2.05, 4.69) is 16.3 Å². The molecule has 6 heteroatoms. The minimum absolute atomic E-state index is 0.0691. The Morgan fingerprint density at radius 3 is 2.65 bits per heavy atom. The number of aromatic nitrogens is 1. The Bertz CT molecular complexity index is 1130. The van der Waals surface area contributed by atoms with Gasteiger partial charge in [0.25, 0.3) is 5.91 Å². The van der Waals surface area contributed by atoms with Crippen LogP contribution in [0.15, 0.2) is 66.2 Å². The van der Waals surface area contributed by atoms with Gasteiger partial charge in [-0.25, -0.2) is 4.98 Å². The minimum Gasteiger partial charge on any atom is -0.378 e. The predicted molar refractivity (Wildman–Crippen MR) is 122 cm³/mol. The Hall–Kier alpha value is -3.69. The number of pyridine rings is 1. The quantitative estimate of drug-likeness (QED) is 0.496. The number of fused-ring (bicyclic) bond motifs is 1. The number of benzene rings is 2. The lowest BCUT2D eigenvalue weighted by Crippen LogP contribution is -2.37. The van der Waals surface area contributed by atoms with E-state index in [1.54, 1.807) is 6.08 Å². The maximum Gasteiger partial charge on any atom is 0.261 e. The maximum atomic E-state index is 12.7. The fourth-order valence-electron chi connectivity index (χ4n) is 3.62. The van der Waals surface area contributed by atoms with E-state index in [0.29, 0.717) is 26.2 Å². The number of nitrogens with zero attached hydrogens (tertiary/aromatic N) is 3. The summed E-state index contributed by atoms with van der Waals surface area (Å²) < 4.78 is 5.47. The first-order valence-corrected chi connectivity index (χ1v) is 10.4. The Morgan fingerprint density at radius 1 is 1.13 bits per heavy atom. The number of nitriles is 1. The zero-order chi connectivity index (χ0) is 21.5. The first-order valence-electron chi connectivity index (χ1n) is 10.4. The van der Waals surface area contributed by atoms with E-state index >= 15 is 0 Å². The molecule has 1 saturated heterocycles. The second-order valence-electron chi connectivity index (χ2n) is 7.35. The highest BCUT2D eigenvalue weighted by atomic mass is 16.5. The van der Waals surface area contributed by atoms with Gasteiger partial charge in [-0.15, -0.1) is 0 Å². The number of nitrogens with one attached hydrogen (secondary N) is 1. The zero-order valence-electron chi connectivity index (χ0n) is 17.3. The summed E-state index contributed by atoms with van der Waals surface area (Å²) in [5.74, 6) is 0.395. The Morgan fingerprint density at radius 2 is 1.87 bits per heavy atom. The SMILES string of the molecule is N#C/C(=C\c1cc2ccccc2nc1N1CCOCC1)C(=O)NCCc1ccccc1. The van der Waals surface area contributed by atoms with Crippen molar-refractivity contribution >= 4 is 28.7 Å². The monoisotopic (exact) mass is 412 g/mol. The van der Waals surface area contributed by atoms with Crippen LogP contribution in [0.25, 0.3) is 17.0 Å². The predicted octanol–water partition coefficient (Wildman–Crippen LogP) is 3.34. The zero-order valence-corrected chi connectivity index (χ0v) is 17.3. The van der Waals surface area contributed by atoms with Gasteiger partial charge in [-0.05, 0) is 30.2 Å². The van der Waals surface area contributed by atoms with Crippen LogP contribution in [0, 0.1) is 11.3 Å². The number of rotatable bonds is 6. The van der Waals surface area contributed by atoms with Crippen LogP contribution < -0.4 is 10.2 Å². The van der Waals surface area contributed by atoms with Crippen molar-refractivity contribution in [3.63, 3.8) is 0 Å². The topological polar surface area (TPSA) is 78.2 Å². The Balaban J connectivity index is 1.59. The van der Waals surface area contributed by atoms with Crippen LogP contribution in [-0.2, 0) is 16.0 Å². The standard InChI is InChI=1S/C25H24N4O2/c26-18-22(25(30)27-11-10-19-6-2-1-3-7-19)17-21-16-20-8-4-5-9-23(20)28-24(21)29-12-14-31-15-13-29/h1-9,16-17H,10-15H2,(H,27,30)/b22-17+. The molecule has 1 fully saturated rings. The number of anilines is 1. The Kier molecular flexibility index (Phi) is 6.56. The van der Waals surface area contributed by atoms with Crippen LogP contribution in [0.3, 0.4) is 0 Å². The van der Waals surface area contributed by atoms with E-state index in [9.17, 15) is 10.1 Å². The smallest absolute Gasteiger partial charge is 0.261 e. The summed E-state index contributed by atoms with van der Waals surface area (Å²) in [6.45, 7) is 3.16. The molecule has 0 unspecified atom stereocenters. The highest BCUT2D eigenvalue weighted by molar-refractivity contribution is 6.02. The third-order valence-electron chi connectivity index (χ3n) is 5.25. The van der Waals surface area contributed by atoms with Crippen molar-refractivity contribution in [3.05, 3.63) is 77.4 Å². The molecule has 31 heavy (non-hydrogen) atoms. The first-order chi connectivity index (χ1) is 15.2. The van der Waals surface area contributed by atoms with Crippen LogP contribution in [0.1, 0.15) is 11.1 Å². The third-order valence-corrected chi connectivity index (χ3v) is 5.25. The summed E-state index contributed by atoms with van der Waals surface area (Å²) in [6.07, 6.45) is 2.35. The molecule has 3 aromatic rings. The van der Waals surface area contributed by atoms with E-state index in [4.69, 9.17) is 9.72 Å². The van der Waals surface area contributed by atoms with E-state index in [0.717, 1.165) is 40.9 Å². The van der Waals surface area contributed by atoms with Gasteiger partial charge in [0.1, 0.15) is 17.5 Å². The van der Waals surface area contributed by atoms with Gasteiger partial charge in [0.15, 0.2) is 0 Å². The van der Waals surface area contributed by atoms with Gasteiger partial charge in [-0.2, -0.15) is 5.26 Å². The molecule has 1 aliphatic heterocycles. The lowest BCUT2D eigenvalue weighted by atomic mass is 10.1. The van der Waals surface area contributed by atoms with Crippen LogP contribution in [0.2, 0.25) is 0 Å². The number of para-hydroxylation sites is 1. The molecule has 1 aromatic heterocycles. The van der Waals surface area contributed by atoms with Crippen molar-refractivity contribution in [2.75, 3.05) is 37.7 Å². The lowest BCUT2D eigenvalue weighted by Gasteiger charge is -2.29. The summed E-state index contributed by atoms with van der Waals surface area (Å²) in [5.41, 5.74) is 2.85. The van der Waals surface area contributed by atoms with Gasteiger partial charge < -0.3 is 15.0 Å². The van der Waals surface area contributed by atoms with Crippen LogP contribution in [0.5, 0.6) is 0 Å². The van der Waals surface area contributed by atoms with Gasteiger partial charge in [0.05, 0.1) is 18.7 Å². The first kappa shape index (κ1) is 20.6. The number of carbonyl (C=O) groups excluding carboxylic acids is 1. The van der Waals surface area contributed by atoms with E-state index < -0.39 is 0 Å². The van der Waals surface area contributed by atoms with Crippen LogP contribution in [0.4, 0.5) is 5.82 Å². The number of ether oxygens (including phenoxy) is 1. The van der Waals surface area contributed by atoms with Crippen molar-refractivity contribution in [3.8, 4) is 6.07 Å². The summed E-state index contributed by atoms with van der Waals surface area (Å²) in [7, 11) is 0. The molecular weight excluding hydrogens is 388 g/mol. The van der Waals surface area contributed by atoms with Crippen LogP contribution in [-0.4, -0.2) is 43.7 Å². The summed E-state index contributed by atoms with van der Waals surface area (Å²) >= 11 is 0. The second-order valence-corrected chi connectivity index (χ2v) is 7.35. The number of hydrogen-bond acceptors (Lipinski definition) is 5. The van der Waals surface area contributed by atoms with Gasteiger partial charge in [0, 0.05) is 30.6 Å². The third kappa shape index (κ3) is 5.08. The summed E-state index contributed by atoms with van der Waals surface area (Å²) in [5, 5.41) is 13.5. The maximum absolute atomic E-state index is 12.7. The fraction of sp³-hybridized carbons (Fsp3) is 0.240. The molecule has 1 aliphatic rings. The second kappa shape index (κ2) is 9.88. The van der Waals surface area contributed by atoms with Gasteiger partial charge in [-0.1, -0.05) is 48.5 Å². The molecule has 2 heterocycles. The number of hydrogen-bond donors (Lipinski definition) is 1. The number of amides is 1. The normalized spacial score (nSPS) is 14.3. The van der Waals surface area contributed by atoms with Gasteiger partial charge in [0.2, 0.25) is 0 Å². The summed E-state index contributed by atoms with van der Waals surface area (Å²) in [4.78, 5) is 19.6. The van der Waals surface area contributed by atoms with Crippen molar-refractivity contribution in [2.24, 2.45) is 0 Å². The molecule has 0 spiro atoms. The molecule has 0 aliphatic carbocycles. The van der Waals surface area contributed by atoms with Crippen molar-refractivity contribution in [1.29, 1.82) is 5.26 Å². The average molecular weight is 412 g/mol. The van der Waals surface area contributed by atoms with Crippen LogP contribution >= 0.6 is 0 Å². The largest absolute Gasteiger partial charge is 0.378 e. The molecule has 4 rings (SSSR count). The van der Waals surface area contributed by atoms with Crippen molar-refractivity contribution < 1.29 is 9.53 Å². The summed E-state index contributed by atoms with van der Waals surface area (Å²) in [6, 6.07) is 21.8. The molecular formula is C25H24N4O2. The molecule has 0 bridgehead atoms. The average Bonchev–Trinajstić information content (AvgIpc) is 2.83. The molecule has 1 N–H and O–H groups in total. The molecule has 1 amide bonds. The van der Waals surface area contributed by atoms with E-state index in [-0.39, 0.29) is 11.5 Å². The highest BCUT2D eigenvalue weighted by Crippen LogP contribution is 2.26.